The van der Waals surface area contributed by atoms with Gasteiger partial charge in [0.2, 0.25) is 5.91 Å². The molecule has 1 atom stereocenters. The van der Waals surface area contributed by atoms with E-state index in [1.165, 1.54) is 14.0 Å². The number of hydrogen-bond acceptors (Lipinski definition) is 3. The zero-order chi connectivity index (χ0) is 12.8. The van der Waals surface area contributed by atoms with Crippen LogP contribution in [-0.4, -0.2) is 25.0 Å². The van der Waals surface area contributed by atoms with Gasteiger partial charge in [0.15, 0.2) is 0 Å². The second-order valence-electron chi connectivity index (χ2n) is 3.57. The highest BCUT2D eigenvalue weighted by molar-refractivity contribution is 9.10. The summed E-state index contributed by atoms with van der Waals surface area (Å²) in [6.07, 6.45) is 0.397. The fourth-order valence-electron chi connectivity index (χ4n) is 1.46. The fourth-order valence-corrected chi connectivity index (χ4v) is 1.91. The Labute approximate surface area is 108 Å². The van der Waals surface area contributed by atoms with Crippen molar-refractivity contribution in [2.45, 2.75) is 19.4 Å². The molecule has 0 saturated heterocycles. The van der Waals surface area contributed by atoms with E-state index < -0.39 is 12.0 Å². The summed E-state index contributed by atoms with van der Waals surface area (Å²) < 4.78 is 5.56. The third kappa shape index (κ3) is 4.19. The topological polar surface area (TPSA) is 55.4 Å². The number of nitrogens with one attached hydrogen (secondary N) is 1. The monoisotopic (exact) mass is 299 g/mol. The molecule has 0 aliphatic heterocycles. The van der Waals surface area contributed by atoms with Crippen LogP contribution in [0.1, 0.15) is 12.5 Å². The van der Waals surface area contributed by atoms with Crippen molar-refractivity contribution in [2.24, 2.45) is 0 Å². The normalized spacial score (nSPS) is 11.7. The number of benzene rings is 1. The van der Waals surface area contributed by atoms with Crippen molar-refractivity contribution in [1.82, 2.24) is 5.32 Å². The van der Waals surface area contributed by atoms with E-state index in [0.717, 1.165) is 10.0 Å². The van der Waals surface area contributed by atoms with Crippen LogP contribution in [-0.2, 0) is 20.7 Å². The third-order valence-electron chi connectivity index (χ3n) is 2.25. The van der Waals surface area contributed by atoms with Crippen LogP contribution in [0.2, 0.25) is 0 Å². The van der Waals surface area contributed by atoms with Crippen molar-refractivity contribution in [2.75, 3.05) is 7.11 Å². The Morgan fingerprint density at radius 2 is 2.06 bits per heavy atom. The maximum atomic E-state index is 11.5. The number of carbonyl (C=O) groups excluding carboxylic acids is 2. The van der Waals surface area contributed by atoms with E-state index in [1.807, 2.05) is 24.3 Å². The van der Waals surface area contributed by atoms with E-state index in [0.29, 0.717) is 6.42 Å². The van der Waals surface area contributed by atoms with Crippen LogP contribution >= 0.6 is 15.9 Å². The van der Waals surface area contributed by atoms with Crippen molar-refractivity contribution in [3.63, 3.8) is 0 Å². The molecule has 92 valence electrons. The molecule has 1 aromatic carbocycles. The molecule has 0 bridgehead atoms. The van der Waals surface area contributed by atoms with Crippen molar-refractivity contribution < 1.29 is 14.3 Å². The molecule has 4 nitrogen and oxygen atoms in total. The second-order valence-corrected chi connectivity index (χ2v) is 4.43. The number of esters is 1. The molecule has 1 rings (SSSR count). The number of amides is 1. The number of carbonyl (C=O) groups is 2. The van der Waals surface area contributed by atoms with Gasteiger partial charge in [-0.2, -0.15) is 0 Å². The summed E-state index contributed by atoms with van der Waals surface area (Å²) in [6.45, 7) is 1.37. The Kier molecular flexibility index (Phi) is 5.15. The lowest BCUT2D eigenvalue weighted by Gasteiger charge is -2.16. The molecule has 1 amide bonds. The smallest absolute Gasteiger partial charge is 0.328 e. The minimum Gasteiger partial charge on any atom is -0.467 e. The molecule has 0 radical (unpaired) electrons. The van der Waals surface area contributed by atoms with Gasteiger partial charge in [-0.15, -0.1) is 0 Å². The quantitative estimate of drug-likeness (QED) is 0.861. The van der Waals surface area contributed by atoms with Gasteiger partial charge in [-0.25, -0.2) is 4.79 Å². The van der Waals surface area contributed by atoms with Crippen molar-refractivity contribution in [3.8, 4) is 0 Å². The van der Waals surface area contributed by atoms with Gasteiger partial charge < -0.3 is 10.1 Å². The molecular weight excluding hydrogens is 286 g/mol. The van der Waals surface area contributed by atoms with E-state index in [2.05, 4.69) is 26.0 Å². The summed E-state index contributed by atoms with van der Waals surface area (Å²) >= 11 is 3.40. The predicted octanol–water partition coefficient (Wildman–Crippen LogP) is 1.67. The van der Waals surface area contributed by atoms with Crippen molar-refractivity contribution in [1.29, 1.82) is 0 Å². The first kappa shape index (κ1) is 13.7. The Morgan fingerprint density at radius 1 is 1.41 bits per heavy atom. The number of methoxy groups -OCH3 is 1. The number of hydrogen-bond donors (Lipinski definition) is 1. The van der Waals surface area contributed by atoms with E-state index in [9.17, 15) is 9.59 Å². The van der Waals surface area contributed by atoms with E-state index in [1.54, 1.807) is 0 Å². The summed E-state index contributed by atoms with van der Waals surface area (Å²) in [7, 11) is 1.30. The maximum absolute atomic E-state index is 11.5. The zero-order valence-corrected chi connectivity index (χ0v) is 11.3. The van der Waals surface area contributed by atoms with Gasteiger partial charge in [-0.3, -0.25) is 4.79 Å². The van der Waals surface area contributed by atoms with E-state index >= 15 is 0 Å². The summed E-state index contributed by atoms with van der Waals surface area (Å²) in [5.74, 6) is -0.705. The van der Waals surface area contributed by atoms with Crippen LogP contribution in [0, 0.1) is 0 Å². The van der Waals surface area contributed by atoms with E-state index in [4.69, 9.17) is 0 Å². The SMILES string of the molecule is COC(=O)[C@@H](Cc1ccccc1Br)NC(C)=O. The van der Waals surface area contributed by atoms with Crippen molar-refractivity contribution in [3.05, 3.63) is 34.3 Å². The van der Waals surface area contributed by atoms with Gasteiger partial charge >= 0.3 is 5.97 Å². The number of ether oxygens (including phenoxy) is 1. The molecule has 0 spiro atoms. The maximum Gasteiger partial charge on any atom is 0.328 e. The summed E-state index contributed by atoms with van der Waals surface area (Å²) in [4.78, 5) is 22.5. The van der Waals surface area contributed by atoms with Crippen LogP contribution < -0.4 is 5.32 Å². The van der Waals surface area contributed by atoms with Gasteiger partial charge in [0.25, 0.3) is 0 Å². The van der Waals surface area contributed by atoms with Crippen molar-refractivity contribution >= 4 is 27.8 Å². The third-order valence-corrected chi connectivity index (χ3v) is 3.02. The Hall–Kier alpha value is -1.36. The van der Waals surface area contributed by atoms with Gasteiger partial charge in [0, 0.05) is 17.8 Å². The highest BCUT2D eigenvalue weighted by Gasteiger charge is 2.21. The van der Waals surface area contributed by atoms with Gasteiger partial charge in [-0.05, 0) is 11.6 Å². The van der Waals surface area contributed by atoms with Crippen LogP contribution in [0.25, 0.3) is 0 Å². The molecule has 1 N–H and O–H groups in total. The van der Waals surface area contributed by atoms with Crippen LogP contribution in [0.15, 0.2) is 28.7 Å². The first-order chi connectivity index (χ1) is 8.04. The zero-order valence-electron chi connectivity index (χ0n) is 9.70. The second kappa shape index (κ2) is 6.39. The molecule has 0 aliphatic carbocycles. The molecule has 0 unspecified atom stereocenters. The lowest BCUT2D eigenvalue weighted by Crippen LogP contribution is -2.42. The highest BCUT2D eigenvalue weighted by atomic mass is 79.9. The average Bonchev–Trinajstić information content (AvgIpc) is 2.29. The number of rotatable bonds is 4. The standard InChI is InChI=1S/C12H14BrNO3/c1-8(15)14-11(12(16)17-2)7-9-5-3-4-6-10(9)13/h3-6,11H,7H2,1-2H3,(H,14,15)/t11-/m1/s1. The Balaban J connectivity index is 2.82. The number of halogens is 1. The average molecular weight is 300 g/mol. The largest absolute Gasteiger partial charge is 0.467 e. The highest BCUT2D eigenvalue weighted by Crippen LogP contribution is 2.17. The fraction of sp³-hybridized carbons (Fsp3) is 0.333. The molecule has 5 heteroatoms. The molecule has 17 heavy (non-hydrogen) atoms. The Morgan fingerprint density at radius 3 is 2.59 bits per heavy atom. The van der Waals surface area contributed by atoms with E-state index in [-0.39, 0.29) is 5.91 Å². The summed E-state index contributed by atoms with van der Waals surface area (Å²) in [5, 5.41) is 2.57. The predicted molar refractivity (Wildman–Crippen MR) is 67.5 cm³/mol. The minimum atomic E-state index is -0.656. The van der Waals surface area contributed by atoms with Crippen LogP contribution in [0.5, 0.6) is 0 Å². The molecular formula is C12H14BrNO3. The molecule has 1 aromatic rings. The lowest BCUT2D eigenvalue weighted by molar-refractivity contribution is -0.144. The van der Waals surface area contributed by atoms with Gasteiger partial charge in [0.1, 0.15) is 6.04 Å². The first-order valence-electron chi connectivity index (χ1n) is 5.13. The molecule has 0 aliphatic rings. The first-order valence-corrected chi connectivity index (χ1v) is 5.92. The Bertz CT molecular complexity index is 420. The lowest BCUT2D eigenvalue weighted by atomic mass is 10.1. The van der Waals surface area contributed by atoms with Crippen LogP contribution in [0.4, 0.5) is 0 Å². The molecule has 0 aromatic heterocycles. The summed E-state index contributed by atoms with van der Waals surface area (Å²) in [6, 6.07) is 6.89. The van der Waals surface area contributed by atoms with Crippen LogP contribution in [0.3, 0.4) is 0 Å². The molecule has 0 heterocycles. The molecule has 0 fully saturated rings. The summed E-state index contributed by atoms with van der Waals surface area (Å²) in [5.41, 5.74) is 0.941. The minimum absolute atomic E-state index is 0.257. The van der Waals surface area contributed by atoms with Gasteiger partial charge in [-0.1, -0.05) is 34.1 Å². The van der Waals surface area contributed by atoms with Gasteiger partial charge in [0.05, 0.1) is 7.11 Å². The molecule has 0 saturated carbocycles.